The molecule has 0 radical (unpaired) electrons. The molecule has 98 valence electrons. The molecule has 2 heteroatoms. The summed E-state index contributed by atoms with van der Waals surface area (Å²) in [6, 6.07) is 8.17. The summed E-state index contributed by atoms with van der Waals surface area (Å²) in [6.45, 7) is 2.09. The van der Waals surface area contributed by atoms with Gasteiger partial charge >= 0.3 is 0 Å². The van der Waals surface area contributed by atoms with Crippen molar-refractivity contribution in [2.45, 2.75) is 57.4 Å². The molecule has 1 saturated carbocycles. The van der Waals surface area contributed by atoms with Crippen molar-refractivity contribution in [1.82, 2.24) is 0 Å². The third-order valence-corrected chi connectivity index (χ3v) is 3.92. The van der Waals surface area contributed by atoms with Crippen molar-refractivity contribution in [2.75, 3.05) is 0 Å². The Kier molecular flexibility index (Phi) is 4.54. The zero-order valence-electron chi connectivity index (χ0n) is 11.2. The Bertz CT molecular complexity index is 392. The molecular formula is C16H23NO. The fourth-order valence-electron chi connectivity index (χ4n) is 2.51. The van der Waals surface area contributed by atoms with E-state index < -0.39 is 0 Å². The van der Waals surface area contributed by atoms with Gasteiger partial charge in [0.2, 0.25) is 0 Å². The van der Waals surface area contributed by atoms with Gasteiger partial charge in [0.05, 0.1) is 0 Å². The van der Waals surface area contributed by atoms with Gasteiger partial charge in [-0.15, -0.1) is 0 Å². The number of Topliss-reactive ketones (excluding diaryl/α,β-unsaturated/α-hetero) is 1. The molecule has 1 aliphatic carbocycles. The van der Waals surface area contributed by atoms with Gasteiger partial charge in [-0.2, -0.15) is 0 Å². The van der Waals surface area contributed by atoms with Crippen molar-refractivity contribution in [2.24, 2.45) is 5.73 Å². The highest BCUT2D eigenvalue weighted by molar-refractivity contribution is 5.96. The van der Waals surface area contributed by atoms with Crippen molar-refractivity contribution in [3.63, 3.8) is 0 Å². The van der Waals surface area contributed by atoms with Gasteiger partial charge in [0.15, 0.2) is 5.78 Å². The highest BCUT2D eigenvalue weighted by atomic mass is 16.1. The first-order chi connectivity index (χ1) is 8.70. The van der Waals surface area contributed by atoms with Gasteiger partial charge in [0.1, 0.15) is 0 Å². The van der Waals surface area contributed by atoms with Gasteiger partial charge < -0.3 is 5.73 Å². The predicted molar refractivity (Wildman–Crippen MR) is 74.9 cm³/mol. The van der Waals surface area contributed by atoms with Crippen molar-refractivity contribution in [3.8, 4) is 0 Å². The molecule has 0 amide bonds. The number of nitrogens with two attached hydrogens (primary N) is 1. The Balaban J connectivity index is 1.93. The molecule has 0 aromatic heterocycles. The van der Waals surface area contributed by atoms with Crippen LogP contribution in [0.2, 0.25) is 0 Å². The topological polar surface area (TPSA) is 43.1 Å². The SMILES string of the molecule is CCCC(N)CC(=O)c1ccc(C2CCC2)cc1. The fourth-order valence-corrected chi connectivity index (χ4v) is 2.51. The molecule has 18 heavy (non-hydrogen) atoms. The van der Waals surface area contributed by atoms with Crippen LogP contribution in [0, 0.1) is 0 Å². The van der Waals surface area contributed by atoms with Crippen molar-refractivity contribution in [3.05, 3.63) is 35.4 Å². The molecule has 2 rings (SSSR count). The Morgan fingerprint density at radius 3 is 2.50 bits per heavy atom. The van der Waals surface area contributed by atoms with E-state index in [2.05, 4.69) is 19.1 Å². The van der Waals surface area contributed by atoms with Crippen molar-refractivity contribution in [1.29, 1.82) is 0 Å². The van der Waals surface area contributed by atoms with Crippen LogP contribution in [0.3, 0.4) is 0 Å². The summed E-state index contributed by atoms with van der Waals surface area (Å²) in [5, 5.41) is 0. The van der Waals surface area contributed by atoms with E-state index in [4.69, 9.17) is 5.73 Å². The summed E-state index contributed by atoms with van der Waals surface area (Å²) in [7, 11) is 0. The number of ketones is 1. The Labute approximate surface area is 110 Å². The molecule has 1 atom stereocenters. The Morgan fingerprint density at radius 2 is 2.00 bits per heavy atom. The van der Waals surface area contributed by atoms with Crippen LogP contribution in [0.15, 0.2) is 24.3 Å². The standard InChI is InChI=1S/C16H23NO/c1-2-4-15(17)11-16(18)14-9-7-13(8-10-14)12-5-3-6-12/h7-10,12,15H,2-6,11,17H2,1H3. The molecule has 0 spiro atoms. The second-order valence-electron chi connectivity index (χ2n) is 5.43. The highest BCUT2D eigenvalue weighted by Gasteiger charge is 2.19. The van der Waals surface area contributed by atoms with E-state index in [0.717, 1.165) is 24.3 Å². The summed E-state index contributed by atoms with van der Waals surface area (Å²) >= 11 is 0. The number of hydrogen-bond donors (Lipinski definition) is 1. The number of benzene rings is 1. The Hall–Kier alpha value is -1.15. The fraction of sp³-hybridized carbons (Fsp3) is 0.562. The first-order valence-electron chi connectivity index (χ1n) is 7.09. The van der Waals surface area contributed by atoms with E-state index >= 15 is 0 Å². The Morgan fingerprint density at radius 1 is 1.33 bits per heavy atom. The van der Waals surface area contributed by atoms with E-state index in [-0.39, 0.29) is 11.8 Å². The van der Waals surface area contributed by atoms with E-state index in [0.29, 0.717) is 6.42 Å². The zero-order chi connectivity index (χ0) is 13.0. The van der Waals surface area contributed by atoms with Crippen LogP contribution >= 0.6 is 0 Å². The van der Waals surface area contributed by atoms with E-state index in [9.17, 15) is 4.79 Å². The maximum absolute atomic E-state index is 12.0. The van der Waals surface area contributed by atoms with Gasteiger partial charge in [-0.3, -0.25) is 4.79 Å². The lowest BCUT2D eigenvalue weighted by Crippen LogP contribution is -2.23. The maximum atomic E-state index is 12.0. The molecule has 2 nitrogen and oxygen atoms in total. The van der Waals surface area contributed by atoms with E-state index in [1.807, 2.05) is 12.1 Å². The second kappa shape index (κ2) is 6.14. The lowest BCUT2D eigenvalue weighted by molar-refractivity contribution is 0.0973. The van der Waals surface area contributed by atoms with E-state index in [1.54, 1.807) is 0 Å². The molecule has 1 aromatic rings. The molecule has 1 aromatic carbocycles. The van der Waals surface area contributed by atoms with Gasteiger partial charge in [-0.05, 0) is 30.7 Å². The van der Waals surface area contributed by atoms with Crippen molar-refractivity contribution >= 4 is 5.78 Å². The van der Waals surface area contributed by atoms with Gasteiger partial charge in [0, 0.05) is 18.0 Å². The number of rotatable bonds is 6. The molecule has 2 N–H and O–H groups in total. The number of carbonyl (C=O) groups excluding carboxylic acids is 1. The number of hydrogen-bond acceptors (Lipinski definition) is 2. The van der Waals surface area contributed by atoms with Crippen molar-refractivity contribution < 1.29 is 4.79 Å². The average molecular weight is 245 g/mol. The summed E-state index contributed by atoms with van der Waals surface area (Å²) in [5.74, 6) is 0.910. The van der Waals surface area contributed by atoms with Crippen LogP contribution in [0.25, 0.3) is 0 Å². The largest absolute Gasteiger partial charge is 0.327 e. The normalized spacial score (nSPS) is 17.2. The van der Waals surface area contributed by atoms with Gasteiger partial charge in [0.25, 0.3) is 0 Å². The highest BCUT2D eigenvalue weighted by Crippen LogP contribution is 2.36. The quantitative estimate of drug-likeness (QED) is 0.777. The molecular weight excluding hydrogens is 222 g/mol. The van der Waals surface area contributed by atoms with Crippen LogP contribution in [-0.4, -0.2) is 11.8 Å². The predicted octanol–water partition coefficient (Wildman–Crippen LogP) is 3.65. The second-order valence-corrected chi connectivity index (χ2v) is 5.43. The van der Waals surface area contributed by atoms with Crippen LogP contribution in [0.1, 0.15) is 67.3 Å². The maximum Gasteiger partial charge on any atom is 0.164 e. The molecule has 1 fully saturated rings. The molecule has 1 unspecified atom stereocenters. The van der Waals surface area contributed by atoms with E-state index in [1.165, 1.54) is 24.8 Å². The third-order valence-electron chi connectivity index (χ3n) is 3.92. The van der Waals surface area contributed by atoms with Crippen LogP contribution < -0.4 is 5.73 Å². The van der Waals surface area contributed by atoms with Crippen LogP contribution in [-0.2, 0) is 0 Å². The van der Waals surface area contributed by atoms with Gasteiger partial charge in [-0.25, -0.2) is 0 Å². The first kappa shape index (κ1) is 13.3. The minimum atomic E-state index is 0.00816. The van der Waals surface area contributed by atoms with Gasteiger partial charge in [-0.1, -0.05) is 44.0 Å². The monoisotopic (exact) mass is 245 g/mol. The number of carbonyl (C=O) groups is 1. The molecule has 0 bridgehead atoms. The molecule has 0 saturated heterocycles. The minimum absolute atomic E-state index is 0.00816. The average Bonchev–Trinajstić information content (AvgIpc) is 2.27. The molecule has 0 heterocycles. The zero-order valence-corrected chi connectivity index (χ0v) is 11.2. The third kappa shape index (κ3) is 3.20. The summed E-state index contributed by atoms with van der Waals surface area (Å²) in [5.41, 5.74) is 8.11. The summed E-state index contributed by atoms with van der Waals surface area (Å²) < 4.78 is 0. The lowest BCUT2D eigenvalue weighted by atomic mass is 9.80. The minimum Gasteiger partial charge on any atom is -0.327 e. The molecule has 0 aliphatic heterocycles. The molecule has 1 aliphatic rings. The lowest BCUT2D eigenvalue weighted by Gasteiger charge is -2.25. The smallest absolute Gasteiger partial charge is 0.164 e. The summed E-state index contributed by atoms with van der Waals surface area (Å²) in [6.07, 6.45) is 6.37. The van der Waals surface area contributed by atoms with Crippen LogP contribution in [0.5, 0.6) is 0 Å². The first-order valence-corrected chi connectivity index (χ1v) is 7.09. The summed E-state index contributed by atoms with van der Waals surface area (Å²) in [4.78, 5) is 12.0. The van der Waals surface area contributed by atoms with Crippen LogP contribution in [0.4, 0.5) is 0 Å².